The van der Waals surface area contributed by atoms with E-state index in [1.807, 2.05) is 54.6 Å². The number of amides is 1. The fourth-order valence-electron chi connectivity index (χ4n) is 1.51. The van der Waals surface area contributed by atoms with Gasteiger partial charge < -0.3 is 5.32 Å². The second kappa shape index (κ2) is 6.30. The molecule has 0 saturated heterocycles. The fraction of sp³-hybridized carbons (Fsp3) is 0.0714. The maximum absolute atomic E-state index is 10.5. The summed E-state index contributed by atoms with van der Waals surface area (Å²) in [7, 11) is 0. The maximum Gasteiger partial charge on any atom is 0.221 e. The van der Waals surface area contributed by atoms with Crippen molar-refractivity contribution in [3.63, 3.8) is 0 Å². The summed E-state index contributed by atoms with van der Waals surface area (Å²) in [5.74, 6) is -0.0359. The predicted molar refractivity (Wildman–Crippen MR) is 74.6 cm³/mol. The quantitative estimate of drug-likeness (QED) is 0.701. The van der Waals surface area contributed by atoms with Gasteiger partial charge in [0.05, 0.1) is 0 Å². The van der Waals surface area contributed by atoms with Crippen LogP contribution in [0.5, 0.6) is 0 Å². The molecule has 0 atom stereocenters. The van der Waals surface area contributed by atoms with Crippen molar-refractivity contribution in [3.05, 3.63) is 54.6 Å². The Labute approximate surface area is 110 Å². The molecule has 3 aromatic rings. The average molecular weight is 254 g/mol. The highest BCUT2D eigenvalue weighted by atomic mass is 16.1. The number of hydrogen-bond acceptors (Lipinski definition) is 3. The Bertz CT molecular complexity index is 618. The van der Waals surface area contributed by atoms with Gasteiger partial charge in [0.25, 0.3) is 0 Å². The summed E-state index contributed by atoms with van der Waals surface area (Å²) in [6.07, 6.45) is 0. The number of rotatable bonds is 1. The molecule has 0 spiro atoms. The number of fused-ring (bicyclic) bond motifs is 1. The summed E-state index contributed by atoms with van der Waals surface area (Å²) in [5, 5.41) is 13.0. The first-order chi connectivity index (χ1) is 9.25. The van der Waals surface area contributed by atoms with Crippen molar-refractivity contribution < 1.29 is 4.79 Å². The van der Waals surface area contributed by atoms with Crippen molar-refractivity contribution in [3.8, 4) is 0 Å². The molecule has 96 valence electrons. The van der Waals surface area contributed by atoms with Gasteiger partial charge in [0.1, 0.15) is 11.0 Å². The minimum atomic E-state index is -0.0359. The summed E-state index contributed by atoms with van der Waals surface area (Å²) in [6, 6.07) is 17.1. The number of aromatic amines is 1. The molecule has 1 amide bonds. The standard InChI is InChI=1S/C8H9NO.C6H5N3/c1-7(10)9-8-5-3-2-4-6-8;1-2-4-6-5(3-1)7-9-8-6/h2-6H,1H3,(H,9,10);1-4H,(H,7,8,9). The number of nitrogens with one attached hydrogen (secondary N) is 2. The molecule has 0 saturated carbocycles. The van der Waals surface area contributed by atoms with Gasteiger partial charge in [-0.1, -0.05) is 30.3 Å². The van der Waals surface area contributed by atoms with E-state index in [-0.39, 0.29) is 5.91 Å². The van der Waals surface area contributed by atoms with E-state index in [1.165, 1.54) is 6.92 Å². The highest BCUT2D eigenvalue weighted by molar-refractivity contribution is 5.88. The second-order valence-corrected chi connectivity index (χ2v) is 3.86. The van der Waals surface area contributed by atoms with Crippen LogP contribution in [0.2, 0.25) is 0 Å². The molecule has 0 aliphatic rings. The van der Waals surface area contributed by atoms with Crippen molar-refractivity contribution in [2.75, 3.05) is 5.32 Å². The van der Waals surface area contributed by atoms with Gasteiger partial charge in [-0.2, -0.15) is 15.4 Å². The van der Waals surface area contributed by atoms with Crippen molar-refractivity contribution in [2.24, 2.45) is 0 Å². The van der Waals surface area contributed by atoms with E-state index >= 15 is 0 Å². The van der Waals surface area contributed by atoms with Gasteiger partial charge in [-0.3, -0.25) is 4.79 Å². The van der Waals surface area contributed by atoms with E-state index in [9.17, 15) is 4.79 Å². The third-order valence-corrected chi connectivity index (χ3v) is 2.32. The highest BCUT2D eigenvalue weighted by Crippen LogP contribution is 2.04. The number of benzene rings is 2. The van der Waals surface area contributed by atoms with Crippen LogP contribution in [0.4, 0.5) is 5.69 Å². The number of anilines is 1. The van der Waals surface area contributed by atoms with E-state index < -0.39 is 0 Å². The lowest BCUT2D eigenvalue weighted by atomic mass is 10.3. The Kier molecular flexibility index (Phi) is 4.23. The summed E-state index contributed by atoms with van der Waals surface area (Å²) in [4.78, 5) is 10.5. The number of aromatic nitrogens is 3. The number of carbonyl (C=O) groups excluding carboxylic acids is 1. The van der Waals surface area contributed by atoms with Crippen LogP contribution in [0.3, 0.4) is 0 Å². The first-order valence-electron chi connectivity index (χ1n) is 5.84. The molecule has 1 aromatic heterocycles. The molecule has 5 nitrogen and oxygen atoms in total. The van der Waals surface area contributed by atoms with E-state index in [1.54, 1.807) is 0 Å². The zero-order valence-electron chi connectivity index (χ0n) is 10.5. The number of carbonyl (C=O) groups is 1. The predicted octanol–water partition coefficient (Wildman–Crippen LogP) is 2.60. The van der Waals surface area contributed by atoms with Gasteiger partial charge in [-0.05, 0) is 24.3 Å². The van der Waals surface area contributed by atoms with E-state index in [0.717, 1.165) is 16.7 Å². The normalized spacial score (nSPS) is 9.53. The Morgan fingerprint density at radius 2 is 1.47 bits per heavy atom. The van der Waals surface area contributed by atoms with E-state index in [4.69, 9.17) is 0 Å². The van der Waals surface area contributed by atoms with Gasteiger partial charge in [0.15, 0.2) is 0 Å². The minimum absolute atomic E-state index is 0.0359. The van der Waals surface area contributed by atoms with Gasteiger partial charge in [0, 0.05) is 12.6 Å². The van der Waals surface area contributed by atoms with Crippen LogP contribution in [0, 0.1) is 0 Å². The smallest absolute Gasteiger partial charge is 0.221 e. The molecule has 0 radical (unpaired) electrons. The molecule has 5 heteroatoms. The molecule has 19 heavy (non-hydrogen) atoms. The Morgan fingerprint density at radius 1 is 0.947 bits per heavy atom. The van der Waals surface area contributed by atoms with Gasteiger partial charge in [-0.15, -0.1) is 0 Å². The SMILES string of the molecule is CC(=O)Nc1ccccc1.c1ccc2n[nH]nc2c1. The van der Waals surface area contributed by atoms with E-state index in [0.29, 0.717) is 0 Å². The van der Waals surface area contributed by atoms with Gasteiger partial charge in [-0.25, -0.2) is 0 Å². The molecule has 0 aliphatic heterocycles. The topological polar surface area (TPSA) is 70.7 Å². The molecule has 0 bridgehead atoms. The van der Waals surface area contributed by atoms with Gasteiger partial charge in [0.2, 0.25) is 5.91 Å². The molecular weight excluding hydrogens is 240 g/mol. The maximum atomic E-state index is 10.5. The Morgan fingerprint density at radius 3 is 2.00 bits per heavy atom. The van der Waals surface area contributed by atoms with Crippen LogP contribution in [-0.2, 0) is 4.79 Å². The number of para-hydroxylation sites is 3. The lowest BCUT2D eigenvalue weighted by molar-refractivity contribution is -0.114. The highest BCUT2D eigenvalue weighted by Gasteiger charge is 1.91. The van der Waals surface area contributed by atoms with Crippen molar-refractivity contribution in [1.29, 1.82) is 0 Å². The zero-order chi connectivity index (χ0) is 13.5. The first kappa shape index (κ1) is 12.8. The van der Waals surface area contributed by atoms with Crippen molar-refractivity contribution >= 4 is 22.6 Å². The zero-order valence-corrected chi connectivity index (χ0v) is 10.5. The van der Waals surface area contributed by atoms with Gasteiger partial charge >= 0.3 is 0 Å². The molecular formula is C14H14N4O. The molecule has 3 rings (SSSR count). The molecule has 2 aromatic carbocycles. The summed E-state index contributed by atoms with van der Waals surface area (Å²) < 4.78 is 0. The summed E-state index contributed by atoms with van der Waals surface area (Å²) in [5.41, 5.74) is 2.67. The molecule has 0 aliphatic carbocycles. The molecule has 0 unspecified atom stereocenters. The van der Waals surface area contributed by atoms with Crippen molar-refractivity contribution in [1.82, 2.24) is 15.4 Å². The van der Waals surface area contributed by atoms with Crippen LogP contribution in [0.1, 0.15) is 6.92 Å². The first-order valence-corrected chi connectivity index (χ1v) is 5.84. The molecule has 0 fully saturated rings. The third-order valence-electron chi connectivity index (χ3n) is 2.32. The monoisotopic (exact) mass is 254 g/mol. The molecule has 2 N–H and O–H groups in total. The minimum Gasteiger partial charge on any atom is -0.326 e. The lowest BCUT2D eigenvalue weighted by Crippen LogP contribution is -2.04. The Hall–Kier alpha value is -2.69. The largest absolute Gasteiger partial charge is 0.326 e. The molecule has 1 heterocycles. The number of H-pyrrole nitrogens is 1. The van der Waals surface area contributed by atoms with Crippen LogP contribution < -0.4 is 5.32 Å². The lowest BCUT2D eigenvalue weighted by Gasteiger charge is -1.98. The number of hydrogen-bond donors (Lipinski definition) is 2. The fourth-order valence-corrected chi connectivity index (χ4v) is 1.51. The Balaban J connectivity index is 0.000000141. The second-order valence-electron chi connectivity index (χ2n) is 3.86. The summed E-state index contributed by atoms with van der Waals surface area (Å²) >= 11 is 0. The van der Waals surface area contributed by atoms with Crippen LogP contribution in [0.25, 0.3) is 11.0 Å². The van der Waals surface area contributed by atoms with Crippen LogP contribution >= 0.6 is 0 Å². The van der Waals surface area contributed by atoms with Crippen molar-refractivity contribution in [2.45, 2.75) is 6.92 Å². The number of nitrogens with zero attached hydrogens (tertiary/aromatic N) is 2. The van der Waals surface area contributed by atoms with E-state index in [2.05, 4.69) is 20.7 Å². The summed E-state index contributed by atoms with van der Waals surface area (Å²) in [6.45, 7) is 1.49. The average Bonchev–Trinajstić information content (AvgIpc) is 2.88. The third kappa shape index (κ3) is 3.92. The van der Waals surface area contributed by atoms with Crippen LogP contribution in [-0.4, -0.2) is 21.3 Å². The van der Waals surface area contributed by atoms with Crippen LogP contribution in [0.15, 0.2) is 54.6 Å².